The number of hydrogen-bond donors (Lipinski definition) is 1. The number of unbranched alkanes of at least 4 members (excludes halogenated alkanes) is 1. The van der Waals surface area contributed by atoms with Gasteiger partial charge < -0.3 is 10.2 Å². The second-order valence-electron chi connectivity index (χ2n) is 8.30. The zero-order valence-corrected chi connectivity index (χ0v) is 14.8. The lowest BCUT2D eigenvalue weighted by Crippen LogP contribution is -2.62. The number of hydrogen-bond acceptors (Lipinski definition) is 2. The number of carbonyl (C=O) groups is 2. The van der Waals surface area contributed by atoms with Crippen molar-refractivity contribution in [3.8, 4) is 0 Å². The summed E-state index contributed by atoms with van der Waals surface area (Å²) in [6, 6.07) is 0. The molecule has 0 spiro atoms. The van der Waals surface area contributed by atoms with Crippen LogP contribution >= 0.6 is 0 Å². The van der Waals surface area contributed by atoms with Crippen molar-refractivity contribution < 1.29 is 9.59 Å². The molecule has 0 radical (unpaired) electrons. The van der Waals surface area contributed by atoms with Crippen LogP contribution in [0.5, 0.6) is 0 Å². The van der Waals surface area contributed by atoms with Gasteiger partial charge in [0, 0.05) is 18.6 Å². The maximum atomic E-state index is 12.6. The molecule has 4 aliphatic carbocycles. The highest BCUT2D eigenvalue weighted by atomic mass is 16.2. The van der Waals surface area contributed by atoms with Gasteiger partial charge in [0.25, 0.3) is 0 Å². The second kappa shape index (κ2) is 6.82. The van der Waals surface area contributed by atoms with Crippen molar-refractivity contribution in [1.82, 2.24) is 10.2 Å². The Labute approximate surface area is 140 Å². The number of amides is 2. The molecule has 0 aromatic carbocycles. The highest BCUT2D eigenvalue weighted by Crippen LogP contribution is 2.55. The van der Waals surface area contributed by atoms with E-state index in [2.05, 4.69) is 19.2 Å². The summed E-state index contributed by atoms with van der Waals surface area (Å²) in [5, 5.41) is 3.21. The topological polar surface area (TPSA) is 49.4 Å². The molecule has 0 aromatic heterocycles. The van der Waals surface area contributed by atoms with E-state index in [0.29, 0.717) is 13.1 Å². The van der Waals surface area contributed by atoms with Crippen molar-refractivity contribution in [1.29, 1.82) is 0 Å². The molecule has 4 fully saturated rings. The molecule has 0 heterocycles. The molecule has 1 N–H and O–H groups in total. The zero-order valence-electron chi connectivity index (χ0n) is 14.8. The third kappa shape index (κ3) is 3.56. The Bertz CT molecular complexity index is 425. The Morgan fingerprint density at radius 3 is 2.00 bits per heavy atom. The minimum Gasteiger partial charge on any atom is -0.342 e. The smallest absolute Gasteiger partial charge is 0.311 e. The highest BCUT2D eigenvalue weighted by molar-refractivity contribution is 6.35. The summed E-state index contributed by atoms with van der Waals surface area (Å²) in [6.45, 7) is 5.57. The normalized spacial score (nSPS) is 34.4. The van der Waals surface area contributed by atoms with E-state index in [1.165, 1.54) is 19.3 Å². The molecule has 4 nitrogen and oxygen atoms in total. The maximum absolute atomic E-state index is 12.6. The van der Waals surface area contributed by atoms with Crippen molar-refractivity contribution >= 4 is 11.8 Å². The van der Waals surface area contributed by atoms with Crippen LogP contribution in [0.1, 0.15) is 71.6 Å². The molecule has 0 aromatic rings. The number of nitrogens with one attached hydrogen (secondary N) is 1. The lowest BCUT2D eigenvalue weighted by atomic mass is 9.53. The molecule has 0 unspecified atom stereocenters. The van der Waals surface area contributed by atoms with Gasteiger partial charge in [-0.1, -0.05) is 20.3 Å². The summed E-state index contributed by atoms with van der Waals surface area (Å²) >= 11 is 0. The minimum atomic E-state index is -0.350. The van der Waals surface area contributed by atoms with Gasteiger partial charge in [-0.15, -0.1) is 0 Å². The molecule has 4 bridgehead atoms. The molecular weight excluding hydrogens is 288 g/mol. The van der Waals surface area contributed by atoms with E-state index >= 15 is 0 Å². The summed E-state index contributed by atoms with van der Waals surface area (Å²) < 4.78 is 0. The molecule has 4 saturated carbocycles. The average molecular weight is 320 g/mol. The zero-order chi connectivity index (χ0) is 16.4. The van der Waals surface area contributed by atoms with Gasteiger partial charge in [0.1, 0.15) is 0 Å². The van der Waals surface area contributed by atoms with E-state index in [1.807, 2.05) is 0 Å². The van der Waals surface area contributed by atoms with E-state index < -0.39 is 0 Å². The number of rotatable bonds is 6. The van der Waals surface area contributed by atoms with Crippen LogP contribution in [0.25, 0.3) is 0 Å². The van der Waals surface area contributed by atoms with Gasteiger partial charge in [-0.2, -0.15) is 0 Å². The maximum Gasteiger partial charge on any atom is 0.311 e. The molecule has 23 heavy (non-hydrogen) atoms. The summed E-state index contributed by atoms with van der Waals surface area (Å²) in [7, 11) is 0. The largest absolute Gasteiger partial charge is 0.342 e. The third-order valence-electron chi connectivity index (χ3n) is 6.17. The molecule has 4 aliphatic rings. The van der Waals surface area contributed by atoms with Crippen LogP contribution in [0.4, 0.5) is 0 Å². The van der Waals surface area contributed by atoms with Crippen LogP contribution in [-0.2, 0) is 9.59 Å². The van der Waals surface area contributed by atoms with Crippen molar-refractivity contribution in [2.24, 2.45) is 17.8 Å². The number of nitrogens with zero attached hydrogens (tertiary/aromatic N) is 1. The van der Waals surface area contributed by atoms with Gasteiger partial charge in [0.05, 0.1) is 0 Å². The first kappa shape index (κ1) is 16.8. The fourth-order valence-corrected chi connectivity index (χ4v) is 5.64. The van der Waals surface area contributed by atoms with Gasteiger partial charge in [-0.05, 0) is 69.1 Å². The van der Waals surface area contributed by atoms with E-state index in [-0.39, 0.29) is 17.4 Å². The quantitative estimate of drug-likeness (QED) is 0.765. The van der Waals surface area contributed by atoms with Gasteiger partial charge in [-0.3, -0.25) is 9.59 Å². The van der Waals surface area contributed by atoms with Crippen LogP contribution < -0.4 is 5.32 Å². The van der Waals surface area contributed by atoms with Crippen molar-refractivity contribution in [2.75, 3.05) is 13.1 Å². The standard InChI is InChI=1S/C19H32N2O2/c1-3-5-7-21(6-4-2)18(23)17(22)20-19-11-14-8-15(12-19)10-16(9-14)13-19/h14-16H,3-13H2,1-2H3,(H,20,22). The van der Waals surface area contributed by atoms with Crippen molar-refractivity contribution in [3.05, 3.63) is 0 Å². The van der Waals surface area contributed by atoms with E-state index in [4.69, 9.17) is 0 Å². The first-order valence-corrected chi connectivity index (χ1v) is 9.66. The Hall–Kier alpha value is -1.06. The minimum absolute atomic E-state index is 0.0653. The van der Waals surface area contributed by atoms with Crippen molar-refractivity contribution in [3.63, 3.8) is 0 Å². The summed E-state index contributed by atoms with van der Waals surface area (Å²) in [5.41, 5.74) is -0.0653. The Morgan fingerprint density at radius 1 is 0.957 bits per heavy atom. The first-order valence-electron chi connectivity index (χ1n) is 9.66. The van der Waals surface area contributed by atoms with Crippen molar-refractivity contribution in [2.45, 2.75) is 77.2 Å². The van der Waals surface area contributed by atoms with Crippen LogP contribution in [0.2, 0.25) is 0 Å². The summed E-state index contributed by atoms with van der Waals surface area (Å²) in [5.74, 6) is 1.68. The van der Waals surface area contributed by atoms with E-state index in [1.54, 1.807) is 4.90 Å². The lowest BCUT2D eigenvalue weighted by Gasteiger charge is -2.56. The summed E-state index contributed by atoms with van der Waals surface area (Å²) in [4.78, 5) is 26.9. The fraction of sp³-hybridized carbons (Fsp3) is 0.895. The van der Waals surface area contributed by atoms with E-state index in [9.17, 15) is 9.59 Å². The van der Waals surface area contributed by atoms with Gasteiger partial charge in [0.2, 0.25) is 0 Å². The lowest BCUT2D eigenvalue weighted by molar-refractivity contribution is -0.148. The molecule has 2 amide bonds. The molecule has 4 heteroatoms. The highest BCUT2D eigenvalue weighted by Gasteiger charge is 2.52. The van der Waals surface area contributed by atoms with Crippen LogP contribution in [0.15, 0.2) is 0 Å². The fourth-order valence-electron chi connectivity index (χ4n) is 5.64. The summed E-state index contributed by atoms with van der Waals surface area (Å²) in [6.07, 6.45) is 10.3. The van der Waals surface area contributed by atoms with Crippen LogP contribution in [0.3, 0.4) is 0 Å². The Morgan fingerprint density at radius 2 is 1.52 bits per heavy atom. The Balaban J connectivity index is 1.62. The molecule has 0 saturated heterocycles. The molecule has 130 valence electrons. The third-order valence-corrected chi connectivity index (χ3v) is 6.17. The first-order chi connectivity index (χ1) is 11.0. The van der Waals surface area contributed by atoms with Gasteiger partial charge >= 0.3 is 11.8 Å². The molecule has 0 atom stereocenters. The Kier molecular flexibility index (Phi) is 4.98. The van der Waals surface area contributed by atoms with Crippen LogP contribution in [-0.4, -0.2) is 35.3 Å². The predicted octanol–water partition coefficient (Wildman–Crippen LogP) is 3.11. The monoisotopic (exact) mass is 320 g/mol. The molecule has 0 aliphatic heterocycles. The second-order valence-corrected chi connectivity index (χ2v) is 8.30. The van der Waals surface area contributed by atoms with Crippen LogP contribution in [0, 0.1) is 17.8 Å². The van der Waals surface area contributed by atoms with Gasteiger partial charge in [-0.25, -0.2) is 0 Å². The number of carbonyl (C=O) groups excluding carboxylic acids is 2. The molecular formula is C19H32N2O2. The van der Waals surface area contributed by atoms with Gasteiger partial charge in [0.15, 0.2) is 0 Å². The SMILES string of the molecule is CCCCN(CCC)C(=O)C(=O)NC12CC3CC(CC(C3)C1)C2. The predicted molar refractivity (Wildman–Crippen MR) is 90.8 cm³/mol. The van der Waals surface area contributed by atoms with E-state index in [0.717, 1.165) is 56.3 Å². The molecule has 4 rings (SSSR count). The average Bonchev–Trinajstić information content (AvgIpc) is 2.48.